The van der Waals surface area contributed by atoms with Crippen molar-refractivity contribution < 1.29 is 14.3 Å². The van der Waals surface area contributed by atoms with Crippen LogP contribution >= 0.6 is 0 Å². The average molecular weight is 327 g/mol. The van der Waals surface area contributed by atoms with Crippen molar-refractivity contribution in [1.82, 2.24) is 0 Å². The molecule has 0 aromatic heterocycles. The number of hydrogen-bond acceptors (Lipinski definition) is 3. The summed E-state index contributed by atoms with van der Waals surface area (Å²) in [6, 6.07) is 11.4. The SMILES string of the molecule is Cc1ccc(C(N)=O)c(OCCOc2ccc(C(C)C)c(C)c2)c1. The lowest BCUT2D eigenvalue weighted by atomic mass is 9.98. The minimum atomic E-state index is -0.495. The maximum absolute atomic E-state index is 11.4. The van der Waals surface area contributed by atoms with E-state index in [2.05, 4.69) is 26.8 Å². The van der Waals surface area contributed by atoms with Crippen LogP contribution in [-0.4, -0.2) is 19.1 Å². The smallest absolute Gasteiger partial charge is 0.252 e. The van der Waals surface area contributed by atoms with Crippen molar-refractivity contribution in [3.05, 3.63) is 58.7 Å². The molecule has 0 unspecified atom stereocenters. The Bertz CT molecular complexity index is 723. The first kappa shape index (κ1) is 17.9. The fourth-order valence-electron chi connectivity index (χ4n) is 2.65. The van der Waals surface area contributed by atoms with Crippen LogP contribution in [0.4, 0.5) is 0 Å². The molecule has 0 spiro atoms. The minimum Gasteiger partial charge on any atom is -0.490 e. The molecule has 2 rings (SSSR count). The number of aryl methyl sites for hydroxylation is 2. The predicted octanol–water partition coefficient (Wildman–Crippen LogP) is 3.98. The molecule has 0 radical (unpaired) electrons. The van der Waals surface area contributed by atoms with E-state index < -0.39 is 5.91 Å². The zero-order valence-corrected chi connectivity index (χ0v) is 14.8. The highest BCUT2D eigenvalue weighted by Crippen LogP contribution is 2.24. The van der Waals surface area contributed by atoms with Crippen molar-refractivity contribution in [2.75, 3.05) is 13.2 Å². The van der Waals surface area contributed by atoms with Gasteiger partial charge in [0.15, 0.2) is 0 Å². The molecule has 2 N–H and O–H groups in total. The molecule has 0 fully saturated rings. The summed E-state index contributed by atoms with van der Waals surface area (Å²) in [7, 11) is 0. The van der Waals surface area contributed by atoms with Gasteiger partial charge in [0.05, 0.1) is 5.56 Å². The van der Waals surface area contributed by atoms with Gasteiger partial charge in [-0.3, -0.25) is 4.79 Å². The van der Waals surface area contributed by atoms with E-state index in [4.69, 9.17) is 15.2 Å². The van der Waals surface area contributed by atoms with E-state index in [0.717, 1.165) is 11.3 Å². The summed E-state index contributed by atoms with van der Waals surface area (Å²) in [6.07, 6.45) is 0. The predicted molar refractivity (Wildman–Crippen MR) is 96.0 cm³/mol. The third-order valence-electron chi connectivity index (χ3n) is 3.88. The molecule has 0 saturated carbocycles. The molecule has 1 amide bonds. The van der Waals surface area contributed by atoms with Gasteiger partial charge in [0.25, 0.3) is 5.91 Å². The molecular formula is C20H25NO3. The first-order valence-corrected chi connectivity index (χ1v) is 8.15. The summed E-state index contributed by atoms with van der Waals surface area (Å²) in [6.45, 7) is 9.11. The van der Waals surface area contributed by atoms with Crippen molar-refractivity contribution in [2.45, 2.75) is 33.6 Å². The third kappa shape index (κ3) is 4.51. The average Bonchev–Trinajstić information content (AvgIpc) is 2.51. The summed E-state index contributed by atoms with van der Waals surface area (Å²) in [5.41, 5.74) is 9.31. The van der Waals surface area contributed by atoms with E-state index in [1.807, 2.05) is 31.2 Å². The van der Waals surface area contributed by atoms with Crippen molar-refractivity contribution in [2.24, 2.45) is 5.73 Å². The first-order chi connectivity index (χ1) is 11.4. The Morgan fingerprint density at radius 2 is 1.75 bits per heavy atom. The van der Waals surface area contributed by atoms with Crippen LogP contribution < -0.4 is 15.2 Å². The third-order valence-corrected chi connectivity index (χ3v) is 3.88. The van der Waals surface area contributed by atoms with Crippen LogP contribution in [0.2, 0.25) is 0 Å². The highest BCUT2D eigenvalue weighted by atomic mass is 16.5. The first-order valence-electron chi connectivity index (χ1n) is 8.15. The number of rotatable bonds is 7. The number of amides is 1. The van der Waals surface area contributed by atoms with E-state index in [1.165, 1.54) is 11.1 Å². The number of hydrogen-bond donors (Lipinski definition) is 1. The lowest BCUT2D eigenvalue weighted by molar-refractivity contribution is 0.0995. The molecule has 128 valence electrons. The standard InChI is InChI=1S/C20H25NO3/c1-13(2)17-8-6-16(12-15(17)4)23-9-10-24-19-11-14(3)5-7-18(19)20(21)22/h5-8,11-13H,9-10H2,1-4H3,(H2,21,22). The number of carbonyl (C=O) groups is 1. The normalized spacial score (nSPS) is 10.7. The highest BCUT2D eigenvalue weighted by Gasteiger charge is 2.10. The van der Waals surface area contributed by atoms with Crippen LogP contribution in [0, 0.1) is 13.8 Å². The Hall–Kier alpha value is -2.49. The van der Waals surface area contributed by atoms with Crippen LogP contribution in [0.5, 0.6) is 11.5 Å². The number of ether oxygens (including phenoxy) is 2. The molecule has 0 heterocycles. The van der Waals surface area contributed by atoms with Crippen LogP contribution in [0.15, 0.2) is 36.4 Å². The molecule has 4 nitrogen and oxygen atoms in total. The van der Waals surface area contributed by atoms with E-state index in [-0.39, 0.29) is 0 Å². The topological polar surface area (TPSA) is 61.6 Å². The molecule has 0 atom stereocenters. The summed E-state index contributed by atoms with van der Waals surface area (Å²) in [5, 5.41) is 0. The molecule has 4 heteroatoms. The Morgan fingerprint density at radius 3 is 2.38 bits per heavy atom. The minimum absolute atomic E-state index is 0.342. The fourth-order valence-corrected chi connectivity index (χ4v) is 2.65. The Kier molecular flexibility index (Phi) is 5.85. The fraction of sp³-hybridized carbons (Fsp3) is 0.350. The van der Waals surface area contributed by atoms with Gasteiger partial charge in [-0.25, -0.2) is 0 Å². The largest absolute Gasteiger partial charge is 0.490 e. The Morgan fingerprint density at radius 1 is 1.04 bits per heavy atom. The van der Waals surface area contributed by atoms with E-state index in [0.29, 0.717) is 30.4 Å². The van der Waals surface area contributed by atoms with Gasteiger partial charge in [-0.1, -0.05) is 26.0 Å². The van der Waals surface area contributed by atoms with Gasteiger partial charge in [-0.05, 0) is 60.7 Å². The second-order valence-electron chi connectivity index (χ2n) is 6.23. The summed E-state index contributed by atoms with van der Waals surface area (Å²) in [4.78, 5) is 11.4. The van der Waals surface area contributed by atoms with Gasteiger partial charge >= 0.3 is 0 Å². The van der Waals surface area contributed by atoms with Crippen LogP contribution in [-0.2, 0) is 0 Å². The Labute approximate surface area is 143 Å². The van der Waals surface area contributed by atoms with Gasteiger partial charge in [0.2, 0.25) is 0 Å². The zero-order chi connectivity index (χ0) is 17.7. The van der Waals surface area contributed by atoms with Gasteiger partial charge in [-0.15, -0.1) is 0 Å². The van der Waals surface area contributed by atoms with Crippen molar-refractivity contribution in [1.29, 1.82) is 0 Å². The molecule has 0 aliphatic heterocycles. The van der Waals surface area contributed by atoms with Crippen LogP contribution in [0.1, 0.15) is 46.8 Å². The van der Waals surface area contributed by atoms with Crippen molar-refractivity contribution in [3.63, 3.8) is 0 Å². The lowest BCUT2D eigenvalue weighted by Gasteiger charge is -2.14. The van der Waals surface area contributed by atoms with Crippen LogP contribution in [0.3, 0.4) is 0 Å². The van der Waals surface area contributed by atoms with Crippen LogP contribution in [0.25, 0.3) is 0 Å². The van der Waals surface area contributed by atoms with Gasteiger partial charge < -0.3 is 15.2 Å². The molecule has 0 saturated heterocycles. The lowest BCUT2D eigenvalue weighted by Crippen LogP contribution is -2.15. The number of carbonyl (C=O) groups excluding carboxylic acids is 1. The van der Waals surface area contributed by atoms with Gasteiger partial charge in [0, 0.05) is 0 Å². The van der Waals surface area contributed by atoms with Crippen molar-refractivity contribution in [3.8, 4) is 11.5 Å². The molecule has 24 heavy (non-hydrogen) atoms. The number of primary amides is 1. The molecular weight excluding hydrogens is 302 g/mol. The maximum atomic E-state index is 11.4. The van der Waals surface area contributed by atoms with Crippen molar-refractivity contribution >= 4 is 5.91 Å². The summed E-state index contributed by atoms with van der Waals surface area (Å²) < 4.78 is 11.4. The Balaban J connectivity index is 1.93. The second kappa shape index (κ2) is 7.86. The molecule has 2 aromatic carbocycles. The maximum Gasteiger partial charge on any atom is 0.252 e. The molecule has 0 bridgehead atoms. The van der Waals surface area contributed by atoms with E-state index in [1.54, 1.807) is 6.07 Å². The number of nitrogens with two attached hydrogens (primary N) is 1. The highest BCUT2D eigenvalue weighted by molar-refractivity contribution is 5.95. The summed E-state index contributed by atoms with van der Waals surface area (Å²) in [5.74, 6) is 1.32. The molecule has 0 aliphatic rings. The molecule has 0 aliphatic carbocycles. The molecule has 2 aromatic rings. The van der Waals surface area contributed by atoms with E-state index >= 15 is 0 Å². The monoisotopic (exact) mass is 327 g/mol. The van der Waals surface area contributed by atoms with E-state index in [9.17, 15) is 4.79 Å². The zero-order valence-electron chi connectivity index (χ0n) is 14.8. The van der Waals surface area contributed by atoms with Gasteiger partial charge in [-0.2, -0.15) is 0 Å². The summed E-state index contributed by atoms with van der Waals surface area (Å²) >= 11 is 0. The second-order valence-corrected chi connectivity index (χ2v) is 6.23. The van der Waals surface area contributed by atoms with Gasteiger partial charge in [0.1, 0.15) is 24.7 Å². The quantitative estimate of drug-likeness (QED) is 0.782. The number of benzene rings is 2.